The molecule has 1 amide bonds. The van der Waals surface area contributed by atoms with Gasteiger partial charge in [-0.2, -0.15) is 0 Å². The average Bonchev–Trinajstić information content (AvgIpc) is 2.98. The van der Waals surface area contributed by atoms with Crippen LogP contribution in [-0.4, -0.2) is 39.2 Å². The van der Waals surface area contributed by atoms with Gasteiger partial charge in [-0.05, 0) is 18.2 Å². The Morgan fingerprint density at radius 2 is 1.85 bits per heavy atom. The first kappa shape index (κ1) is 17.7. The fraction of sp³-hybridized carbons (Fsp3) is 0.235. The van der Waals surface area contributed by atoms with Gasteiger partial charge in [-0.15, -0.1) is 18.3 Å². The number of nitrogens with zero attached hydrogens (tertiary/aromatic N) is 4. The van der Waals surface area contributed by atoms with Gasteiger partial charge in [0.1, 0.15) is 17.8 Å². The lowest BCUT2D eigenvalue weighted by Crippen LogP contribution is -2.30. The Labute approximate surface area is 146 Å². The summed E-state index contributed by atoms with van der Waals surface area (Å²) in [7, 11) is 1.51. The first-order valence-electron chi connectivity index (χ1n) is 7.69. The highest BCUT2D eigenvalue weighted by molar-refractivity contribution is 5.79. The van der Waals surface area contributed by atoms with Gasteiger partial charge in [-0.3, -0.25) is 4.79 Å². The molecule has 1 heterocycles. The van der Waals surface area contributed by atoms with Crippen molar-refractivity contribution >= 4 is 16.9 Å². The van der Waals surface area contributed by atoms with E-state index in [0.29, 0.717) is 11.0 Å². The van der Waals surface area contributed by atoms with Crippen molar-refractivity contribution in [1.29, 1.82) is 0 Å². The number of rotatable bonds is 5. The van der Waals surface area contributed by atoms with Crippen LogP contribution in [0.2, 0.25) is 0 Å². The van der Waals surface area contributed by atoms with Crippen LogP contribution in [0.3, 0.4) is 0 Å². The lowest BCUT2D eigenvalue weighted by atomic mass is 10.2. The third-order valence-corrected chi connectivity index (χ3v) is 3.74. The number of alkyl halides is 3. The summed E-state index contributed by atoms with van der Waals surface area (Å²) in [5, 5.41) is 7.90. The second kappa shape index (κ2) is 7.03. The van der Waals surface area contributed by atoms with Gasteiger partial charge in [0.15, 0.2) is 0 Å². The van der Waals surface area contributed by atoms with Crippen molar-refractivity contribution in [1.82, 2.24) is 19.9 Å². The largest absolute Gasteiger partial charge is 0.573 e. The van der Waals surface area contributed by atoms with Crippen molar-refractivity contribution < 1.29 is 22.7 Å². The quantitative estimate of drug-likeness (QED) is 0.698. The van der Waals surface area contributed by atoms with E-state index in [1.54, 1.807) is 24.3 Å². The maximum absolute atomic E-state index is 12.5. The van der Waals surface area contributed by atoms with Crippen LogP contribution < -0.4 is 4.74 Å². The van der Waals surface area contributed by atoms with Gasteiger partial charge >= 0.3 is 6.36 Å². The van der Waals surface area contributed by atoms with Crippen molar-refractivity contribution in [2.24, 2.45) is 0 Å². The standard InChI is InChI=1S/C17H15F3N4O2/c1-23(10-12-6-2-5-9-15(12)26-17(18,19)20)16(25)11-24-14-8-4-3-7-13(14)21-22-24/h2-9H,10-11H2,1H3. The molecule has 0 N–H and O–H groups in total. The van der Waals surface area contributed by atoms with Gasteiger partial charge < -0.3 is 9.64 Å². The maximum Gasteiger partial charge on any atom is 0.573 e. The van der Waals surface area contributed by atoms with E-state index in [0.717, 1.165) is 0 Å². The first-order chi connectivity index (χ1) is 12.3. The minimum atomic E-state index is -4.79. The van der Waals surface area contributed by atoms with Crippen LogP contribution in [0.4, 0.5) is 13.2 Å². The molecule has 0 aliphatic rings. The zero-order valence-electron chi connectivity index (χ0n) is 13.8. The molecule has 0 radical (unpaired) electrons. The van der Waals surface area contributed by atoms with Crippen LogP contribution in [0.25, 0.3) is 11.0 Å². The zero-order valence-corrected chi connectivity index (χ0v) is 13.8. The van der Waals surface area contributed by atoms with Gasteiger partial charge in [0.2, 0.25) is 5.91 Å². The zero-order chi connectivity index (χ0) is 18.7. The number of hydrogen-bond donors (Lipinski definition) is 0. The summed E-state index contributed by atoms with van der Waals surface area (Å²) in [6.45, 7) is -0.100. The number of carbonyl (C=O) groups excluding carboxylic acids is 1. The Bertz CT molecular complexity index is 924. The number of benzene rings is 2. The Balaban J connectivity index is 1.72. The molecule has 3 aromatic rings. The smallest absolute Gasteiger partial charge is 0.405 e. The van der Waals surface area contributed by atoms with Gasteiger partial charge in [-0.25, -0.2) is 4.68 Å². The molecule has 1 aromatic heterocycles. The van der Waals surface area contributed by atoms with Crippen LogP contribution in [-0.2, 0) is 17.9 Å². The minimum absolute atomic E-state index is 0.0300. The molecule has 0 saturated heterocycles. The Kier molecular flexibility index (Phi) is 4.79. The summed E-state index contributed by atoms with van der Waals surface area (Å²) in [5.74, 6) is -0.645. The highest BCUT2D eigenvalue weighted by Crippen LogP contribution is 2.27. The number of para-hydroxylation sites is 2. The Morgan fingerprint density at radius 3 is 2.62 bits per heavy atom. The van der Waals surface area contributed by atoms with Gasteiger partial charge in [-0.1, -0.05) is 35.5 Å². The van der Waals surface area contributed by atoms with E-state index in [9.17, 15) is 18.0 Å². The second-order valence-electron chi connectivity index (χ2n) is 5.64. The molecular weight excluding hydrogens is 349 g/mol. The molecule has 0 bridgehead atoms. The van der Waals surface area contributed by atoms with E-state index in [2.05, 4.69) is 15.0 Å². The third kappa shape index (κ3) is 4.11. The first-order valence-corrected chi connectivity index (χ1v) is 7.69. The molecular formula is C17H15F3N4O2. The van der Waals surface area contributed by atoms with E-state index >= 15 is 0 Å². The molecule has 0 aliphatic carbocycles. The molecule has 136 valence electrons. The Morgan fingerprint density at radius 1 is 1.15 bits per heavy atom. The Hall–Kier alpha value is -3.10. The van der Waals surface area contributed by atoms with Crippen LogP contribution in [0.15, 0.2) is 48.5 Å². The van der Waals surface area contributed by atoms with E-state index in [-0.39, 0.29) is 30.3 Å². The van der Waals surface area contributed by atoms with Crippen LogP contribution in [0, 0.1) is 0 Å². The monoisotopic (exact) mass is 364 g/mol. The number of halogens is 3. The topological polar surface area (TPSA) is 60.2 Å². The summed E-state index contributed by atoms with van der Waals surface area (Å²) in [4.78, 5) is 13.7. The molecule has 0 spiro atoms. The molecule has 0 saturated carbocycles. The van der Waals surface area contributed by atoms with Crippen LogP contribution >= 0.6 is 0 Å². The highest BCUT2D eigenvalue weighted by atomic mass is 19.4. The summed E-state index contributed by atoms with van der Waals surface area (Å²) in [5.41, 5.74) is 1.62. The molecule has 0 fully saturated rings. The van der Waals surface area contributed by atoms with E-state index in [1.165, 1.54) is 34.8 Å². The number of carbonyl (C=O) groups is 1. The van der Waals surface area contributed by atoms with E-state index in [1.807, 2.05) is 6.07 Å². The molecule has 2 aromatic carbocycles. The molecule has 0 atom stereocenters. The molecule has 26 heavy (non-hydrogen) atoms. The lowest BCUT2D eigenvalue weighted by molar-refractivity contribution is -0.275. The molecule has 0 unspecified atom stereocenters. The number of fused-ring (bicyclic) bond motifs is 1. The van der Waals surface area contributed by atoms with Crippen LogP contribution in [0.1, 0.15) is 5.56 Å². The lowest BCUT2D eigenvalue weighted by Gasteiger charge is -2.20. The molecule has 6 nitrogen and oxygen atoms in total. The minimum Gasteiger partial charge on any atom is -0.405 e. The van der Waals surface area contributed by atoms with E-state index in [4.69, 9.17) is 0 Å². The number of amides is 1. The fourth-order valence-electron chi connectivity index (χ4n) is 2.49. The summed E-state index contributed by atoms with van der Waals surface area (Å²) >= 11 is 0. The SMILES string of the molecule is CN(Cc1ccccc1OC(F)(F)F)C(=O)Cn1nnc2ccccc21. The van der Waals surface area contributed by atoms with Gasteiger partial charge in [0.25, 0.3) is 0 Å². The predicted octanol–water partition coefficient (Wildman–Crippen LogP) is 2.99. The van der Waals surface area contributed by atoms with Gasteiger partial charge in [0.05, 0.1) is 5.52 Å². The predicted molar refractivity (Wildman–Crippen MR) is 87.1 cm³/mol. The third-order valence-electron chi connectivity index (χ3n) is 3.74. The summed E-state index contributed by atoms with van der Waals surface area (Å²) in [6.07, 6.45) is -4.79. The highest BCUT2D eigenvalue weighted by Gasteiger charge is 2.32. The number of likely N-dealkylation sites (N-methyl/N-ethyl adjacent to an activating group) is 1. The van der Waals surface area contributed by atoms with Crippen LogP contribution in [0.5, 0.6) is 5.75 Å². The number of aromatic nitrogens is 3. The van der Waals surface area contributed by atoms with Crippen molar-refractivity contribution in [3.8, 4) is 5.75 Å². The maximum atomic E-state index is 12.5. The summed E-state index contributed by atoms with van der Waals surface area (Å²) < 4.78 is 43.0. The molecule has 3 rings (SSSR count). The molecule has 0 aliphatic heterocycles. The average molecular weight is 364 g/mol. The van der Waals surface area contributed by atoms with Crippen molar-refractivity contribution in [2.45, 2.75) is 19.5 Å². The van der Waals surface area contributed by atoms with Crippen molar-refractivity contribution in [3.05, 3.63) is 54.1 Å². The summed E-state index contributed by atoms with van der Waals surface area (Å²) in [6, 6.07) is 12.9. The normalized spacial score (nSPS) is 11.5. The fourth-order valence-corrected chi connectivity index (χ4v) is 2.49. The van der Waals surface area contributed by atoms with Gasteiger partial charge in [0, 0.05) is 19.2 Å². The number of hydrogen-bond acceptors (Lipinski definition) is 4. The van der Waals surface area contributed by atoms with E-state index < -0.39 is 6.36 Å². The van der Waals surface area contributed by atoms with Crippen molar-refractivity contribution in [3.63, 3.8) is 0 Å². The second-order valence-corrected chi connectivity index (χ2v) is 5.64. The van der Waals surface area contributed by atoms with Crippen molar-refractivity contribution in [2.75, 3.05) is 7.05 Å². The number of ether oxygens (including phenoxy) is 1. The molecule has 9 heteroatoms.